The van der Waals surface area contributed by atoms with E-state index < -0.39 is 5.97 Å². The molecule has 0 radical (unpaired) electrons. The second-order valence-electron chi connectivity index (χ2n) is 3.31. The molecule has 0 bridgehead atoms. The Morgan fingerprint density at radius 1 is 1.53 bits per heavy atom. The molecule has 1 rings (SSSR count). The summed E-state index contributed by atoms with van der Waals surface area (Å²) in [6.07, 6.45) is 3.03. The van der Waals surface area contributed by atoms with Gasteiger partial charge in [0.25, 0.3) is 0 Å². The minimum Gasteiger partial charge on any atom is -0.478 e. The van der Waals surface area contributed by atoms with Gasteiger partial charge in [-0.1, -0.05) is 31.0 Å². The van der Waals surface area contributed by atoms with Gasteiger partial charge >= 0.3 is 5.97 Å². The van der Waals surface area contributed by atoms with Gasteiger partial charge in [0.1, 0.15) is 0 Å². The van der Waals surface area contributed by atoms with Crippen molar-refractivity contribution in [2.75, 3.05) is 0 Å². The minimum atomic E-state index is -0.967. The second kappa shape index (κ2) is 5.52. The minimum absolute atomic E-state index is 0.209. The van der Waals surface area contributed by atoms with E-state index in [4.69, 9.17) is 16.7 Å². The van der Waals surface area contributed by atoms with E-state index in [1.807, 2.05) is 0 Å². The molecule has 4 heteroatoms. The largest absolute Gasteiger partial charge is 0.478 e. The summed E-state index contributed by atoms with van der Waals surface area (Å²) in [5, 5.41) is 9.39. The summed E-state index contributed by atoms with van der Waals surface area (Å²) in [6.45, 7) is 2.11. The van der Waals surface area contributed by atoms with Crippen LogP contribution in [0.25, 0.3) is 0 Å². The number of benzene rings is 1. The first-order chi connectivity index (χ1) is 7.07. The number of carboxylic acid groups (broad SMARTS) is 1. The standard InChI is InChI=1S/C11H12BrClO2/c1-2-3-4-7-5-6-8(11(14)15)9(12)10(7)13/h5-6H,2-4H2,1H3,(H,14,15). The Kier molecular flexibility index (Phi) is 4.61. The molecule has 2 nitrogen and oxygen atoms in total. The van der Waals surface area contributed by atoms with Crippen molar-refractivity contribution in [1.82, 2.24) is 0 Å². The lowest BCUT2D eigenvalue weighted by molar-refractivity contribution is 0.0696. The Balaban J connectivity index is 3.04. The number of unbranched alkanes of at least 4 members (excludes halogenated alkanes) is 1. The molecule has 0 fully saturated rings. The summed E-state index contributed by atoms with van der Waals surface area (Å²) in [5.41, 5.74) is 1.20. The van der Waals surface area contributed by atoms with E-state index in [-0.39, 0.29) is 5.56 Å². The Morgan fingerprint density at radius 2 is 2.20 bits per heavy atom. The molecule has 0 aromatic heterocycles. The fourth-order valence-electron chi connectivity index (χ4n) is 1.31. The number of aromatic carboxylic acids is 1. The van der Waals surface area contributed by atoms with Gasteiger partial charge in [-0.05, 0) is 40.4 Å². The lowest BCUT2D eigenvalue weighted by Crippen LogP contribution is -1.99. The van der Waals surface area contributed by atoms with Crippen LogP contribution in [-0.4, -0.2) is 11.1 Å². The zero-order valence-electron chi connectivity index (χ0n) is 8.39. The van der Waals surface area contributed by atoms with Gasteiger partial charge in [-0.25, -0.2) is 4.79 Å². The van der Waals surface area contributed by atoms with Crippen molar-refractivity contribution in [1.29, 1.82) is 0 Å². The third-order valence-electron chi connectivity index (χ3n) is 2.19. The van der Waals surface area contributed by atoms with Crippen LogP contribution in [0.1, 0.15) is 35.7 Å². The Morgan fingerprint density at radius 3 is 2.73 bits per heavy atom. The molecule has 1 N–H and O–H groups in total. The molecule has 15 heavy (non-hydrogen) atoms. The summed E-state index contributed by atoms with van der Waals surface area (Å²) < 4.78 is 0.477. The van der Waals surface area contributed by atoms with Gasteiger partial charge in [-0.3, -0.25) is 0 Å². The highest BCUT2D eigenvalue weighted by Crippen LogP contribution is 2.30. The van der Waals surface area contributed by atoms with Crippen molar-refractivity contribution < 1.29 is 9.90 Å². The SMILES string of the molecule is CCCCc1ccc(C(=O)O)c(Br)c1Cl. The lowest BCUT2D eigenvalue weighted by atomic mass is 10.1. The van der Waals surface area contributed by atoms with Crippen molar-refractivity contribution in [2.24, 2.45) is 0 Å². The first kappa shape index (κ1) is 12.5. The van der Waals surface area contributed by atoms with Gasteiger partial charge in [0.2, 0.25) is 0 Å². The number of aryl methyl sites for hydroxylation is 1. The molecule has 0 spiro atoms. The molecule has 0 aliphatic heterocycles. The van der Waals surface area contributed by atoms with E-state index in [1.165, 1.54) is 0 Å². The van der Waals surface area contributed by atoms with Crippen LogP contribution in [0, 0.1) is 0 Å². The predicted molar refractivity (Wildman–Crippen MR) is 64.7 cm³/mol. The van der Waals surface area contributed by atoms with E-state index in [9.17, 15) is 4.79 Å². The van der Waals surface area contributed by atoms with Gasteiger partial charge in [0.15, 0.2) is 0 Å². The molecule has 0 saturated heterocycles. The zero-order chi connectivity index (χ0) is 11.4. The maximum Gasteiger partial charge on any atom is 0.336 e. The molecule has 0 aliphatic rings. The van der Waals surface area contributed by atoms with Crippen molar-refractivity contribution >= 4 is 33.5 Å². The van der Waals surface area contributed by atoms with Crippen LogP contribution in [0.2, 0.25) is 5.02 Å². The second-order valence-corrected chi connectivity index (χ2v) is 4.48. The van der Waals surface area contributed by atoms with Gasteiger partial charge in [0.05, 0.1) is 15.1 Å². The number of carboxylic acids is 1. The quantitative estimate of drug-likeness (QED) is 0.905. The average Bonchev–Trinajstić information content (AvgIpc) is 2.20. The molecule has 1 aromatic rings. The first-order valence-corrected chi connectivity index (χ1v) is 5.95. The fourth-order valence-corrected chi connectivity index (χ4v) is 2.13. The molecule has 0 atom stereocenters. The van der Waals surface area contributed by atoms with E-state index in [2.05, 4.69) is 22.9 Å². The summed E-state index contributed by atoms with van der Waals surface area (Å²) in [6, 6.07) is 3.37. The fraction of sp³-hybridized carbons (Fsp3) is 0.364. The number of hydrogen-bond acceptors (Lipinski definition) is 1. The number of carbonyl (C=O) groups is 1. The third-order valence-corrected chi connectivity index (χ3v) is 3.68. The summed E-state index contributed by atoms with van der Waals surface area (Å²) in [4.78, 5) is 10.8. The van der Waals surface area contributed by atoms with Gasteiger partial charge in [-0.2, -0.15) is 0 Å². The third kappa shape index (κ3) is 2.95. The molecule has 0 aliphatic carbocycles. The zero-order valence-corrected chi connectivity index (χ0v) is 10.7. The van der Waals surface area contributed by atoms with Gasteiger partial charge in [-0.15, -0.1) is 0 Å². The molecule has 1 aromatic carbocycles. The Bertz CT molecular complexity index is 377. The highest BCUT2D eigenvalue weighted by atomic mass is 79.9. The maximum absolute atomic E-state index is 10.8. The van der Waals surface area contributed by atoms with Crippen molar-refractivity contribution in [3.8, 4) is 0 Å². The molecular formula is C11H12BrClO2. The summed E-state index contributed by atoms with van der Waals surface area (Å²) >= 11 is 9.28. The van der Waals surface area contributed by atoms with Gasteiger partial charge in [0, 0.05) is 0 Å². The van der Waals surface area contributed by atoms with Crippen LogP contribution in [-0.2, 0) is 6.42 Å². The molecule has 0 saturated carbocycles. The predicted octanol–water partition coefficient (Wildman–Crippen LogP) is 4.14. The maximum atomic E-state index is 10.8. The number of hydrogen-bond donors (Lipinski definition) is 1. The number of rotatable bonds is 4. The molecule has 0 amide bonds. The monoisotopic (exact) mass is 290 g/mol. The molecule has 82 valence electrons. The van der Waals surface area contributed by atoms with E-state index in [1.54, 1.807) is 12.1 Å². The normalized spacial score (nSPS) is 10.3. The highest BCUT2D eigenvalue weighted by molar-refractivity contribution is 9.10. The first-order valence-electron chi connectivity index (χ1n) is 4.78. The average molecular weight is 292 g/mol. The Labute approximate surface area is 102 Å². The molecule has 0 heterocycles. The van der Waals surface area contributed by atoms with E-state index in [0.29, 0.717) is 9.50 Å². The molecular weight excluding hydrogens is 279 g/mol. The van der Waals surface area contributed by atoms with Crippen LogP contribution in [0.15, 0.2) is 16.6 Å². The number of halogens is 2. The van der Waals surface area contributed by atoms with Crippen LogP contribution in [0.4, 0.5) is 0 Å². The van der Waals surface area contributed by atoms with Crippen LogP contribution >= 0.6 is 27.5 Å². The van der Waals surface area contributed by atoms with Crippen molar-refractivity contribution in [2.45, 2.75) is 26.2 Å². The summed E-state index contributed by atoms with van der Waals surface area (Å²) in [7, 11) is 0. The Hall–Kier alpha value is -0.540. The van der Waals surface area contributed by atoms with E-state index >= 15 is 0 Å². The van der Waals surface area contributed by atoms with Gasteiger partial charge < -0.3 is 5.11 Å². The topological polar surface area (TPSA) is 37.3 Å². The smallest absolute Gasteiger partial charge is 0.336 e. The van der Waals surface area contributed by atoms with Crippen LogP contribution in [0.3, 0.4) is 0 Å². The summed E-state index contributed by atoms with van der Waals surface area (Å²) in [5.74, 6) is -0.967. The van der Waals surface area contributed by atoms with Crippen LogP contribution in [0.5, 0.6) is 0 Å². The van der Waals surface area contributed by atoms with Crippen molar-refractivity contribution in [3.05, 3.63) is 32.8 Å². The van der Waals surface area contributed by atoms with Crippen LogP contribution < -0.4 is 0 Å². The van der Waals surface area contributed by atoms with Crippen molar-refractivity contribution in [3.63, 3.8) is 0 Å². The van der Waals surface area contributed by atoms with E-state index in [0.717, 1.165) is 24.8 Å². The molecule has 0 unspecified atom stereocenters. The lowest BCUT2D eigenvalue weighted by Gasteiger charge is -2.07. The highest BCUT2D eigenvalue weighted by Gasteiger charge is 2.13.